The summed E-state index contributed by atoms with van der Waals surface area (Å²) >= 11 is 0. The fourth-order valence-electron chi connectivity index (χ4n) is 2.03. The van der Waals surface area contributed by atoms with Crippen LogP contribution in [0.4, 0.5) is 0 Å². The Morgan fingerprint density at radius 2 is 2.25 bits per heavy atom. The molecule has 2 aromatic rings. The molecule has 20 heavy (non-hydrogen) atoms. The molecule has 1 aromatic heterocycles. The second kappa shape index (κ2) is 5.00. The van der Waals surface area contributed by atoms with E-state index < -0.39 is 5.97 Å². The minimum absolute atomic E-state index is 0.0784. The van der Waals surface area contributed by atoms with Gasteiger partial charge in [0.25, 0.3) is 0 Å². The lowest BCUT2D eigenvalue weighted by molar-refractivity contribution is 0.0690. The van der Waals surface area contributed by atoms with Gasteiger partial charge >= 0.3 is 5.97 Å². The average molecular weight is 272 g/mol. The molecule has 0 radical (unpaired) electrons. The van der Waals surface area contributed by atoms with Gasteiger partial charge in [0.1, 0.15) is 11.4 Å². The lowest BCUT2D eigenvalue weighted by Crippen LogP contribution is -2.00. The summed E-state index contributed by atoms with van der Waals surface area (Å²) in [4.78, 5) is 10.9. The summed E-state index contributed by atoms with van der Waals surface area (Å²) in [7, 11) is 0. The molecule has 0 saturated heterocycles. The molecule has 0 atom stereocenters. The second-order valence-corrected chi connectivity index (χ2v) is 5.23. The van der Waals surface area contributed by atoms with Gasteiger partial charge in [-0.3, -0.25) is 5.10 Å². The van der Waals surface area contributed by atoms with Gasteiger partial charge in [-0.05, 0) is 43.9 Å². The van der Waals surface area contributed by atoms with E-state index in [1.165, 1.54) is 18.9 Å². The molecular weight excluding hydrogens is 256 g/mol. The number of hydrogen-bond donors (Lipinski definition) is 2. The zero-order valence-corrected chi connectivity index (χ0v) is 11.2. The molecule has 5 nitrogen and oxygen atoms in total. The van der Waals surface area contributed by atoms with Gasteiger partial charge in [0, 0.05) is 5.56 Å². The van der Waals surface area contributed by atoms with E-state index in [1.807, 2.05) is 25.1 Å². The summed E-state index contributed by atoms with van der Waals surface area (Å²) in [5.41, 5.74) is 2.58. The lowest BCUT2D eigenvalue weighted by Gasteiger charge is -2.10. The molecule has 0 bridgehead atoms. The number of aromatic carboxylic acids is 1. The van der Waals surface area contributed by atoms with E-state index in [1.54, 1.807) is 0 Å². The van der Waals surface area contributed by atoms with Crippen LogP contribution >= 0.6 is 0 Å². The summed E-state index contributed by atoms with van der Waals surface area (Å²) in [6.45, 7) is 2.70. The Morgan fingerprint density at radius 1 is 1.45 bits per heavy atom. The van der Waals surface area contributed by atoms with Gasteiger partial charge in [0.05, 0.1) is 12.3 Å². The van der Waals surface area contributed by atoms with E-state index in [0.717, 1.165) is 16.9 Å². The molecule has 0 aliphatic heterocycles. The fourth-order valence-corrected chi connectivity index (χ4v) is 2.03. The third kappa shape index (κ3) is 2.66. The van der Waals surface area contributed by atoms with Crippen LogP contribution in [0.25, 0.3) is 11.3 Å². The number of aromatic amines is 1. The summed E-state index contributed by atoms with van der Waals surface area (Å²) in [6.07, 6.45) is 2.46. The first-order valence-electron chi connectivity index (χ1n) is 6.66. The number of carboxylic acid groups (broad SMARTS) is 1. The van der Waals surface area contributed by atoms with Crippen molar-refractivity contribution in [1.82, 2.24) is 10.2 Å². The third-order valence-electron chi connectivity index (χ3n) is 3.39. The molecule has 5 heteroatoms. The van der Waals surface area contributed by atoms with Crippen molar-refractivity contribution in [3.8, 4) is 17.0 Å². The highest BCUT2D eigenvalue weighted by molar-refractivity contribution is 5.87. The molecular formula is C15H16N2O3. The van der Waals surface area contributed by atoms with Gasteiger partial charge in [-0.25, -0.2) is 4.79 Å². The first-order chi connectivity index (χ1) is 9.63. The van der Waals surface area contributed by atoms with E-state index in [2.05, 4.69) is 10.2 Å². The van der Waals surface area contributed by atoms with Crippen LogP contribution in [0, 0.1) is 12.8 Å². The number of aryl methyl sites for hydroxylation is 1. The number of carbonyl (C=O) groups is 1. The zero-order chi connectivity index (χ0) is 14.1. The Bertz CT molecular complexity index is 644. The Hall–Kier alpha value is -2.30. The van der Waals surface area contributed by atoms with Gasteiger partial charge < -0.3 is 9.84 Å². The summed E-state index contributed by atoms with van der Waals surface area (Å²) in [5.74, 6) is 0.403. The van der Waals surface area contributed by atoms with Crippen LogP contribution in [0.1, 0.15) is 28.9 Å². The van der Waals surface area contributed by atoms with E-state index in [0.29, 0.717) is 18.2 Å². The molecule has 3 rings (SSSR count). The second-order valence-electron chi connectivity index (χ2n) is 5.23. The van der Waals surface area contributed by atoms with Crippen molar-refractivity contribution in [2.75, 3.05) is 6.61 Å². The summed E-state index contributed by atoms with van der Waals surface area (Å²) < 4.78 is 5.84. The fraction of sp³-hybridized carbons (Fsp3) is 0.333. The monoisotopic (exact) mass is 272 g/mol. The van der Waals surface area contributed by atoms with Crippen LogP contribution in [-0.4, -0.2) is 27.9 Å². The molecule has 2 N–H and O–H groups in total. The number of nitrogens with one attached hydrogen (secondary N) is 1. The maximum Gasteiger partial charge on any atom is 0.353 e. The van der Waals surface area contributed by atoms with Crippen LogP contribution in [-0.2, 0) is 0 Å². The van der Waals surface area contributed by atoms with Crippen molar-refractivity contribution in [1.29, 1.82) is 0 Å². The minimum Gasteiger partial charge on any atom is -0.493 e. The van der Waals surface area contributed by atoms with E-state index in [4.69, 9.17) is 9.84 Å². The van der Waals surface area contributed by atoms with Crippen LogP contribution in [0.5, 0.6) is 5.75 Å². The SMILES string of the molecule is Cc1ccc(OCC2CC2)c(-c2cc(C(=O)O)[nH]n2)c1. The largest absolute Gasteiger partial charge is 0.493 e. The van der Waals surface area contributed by atoms with Gasteiger partial charge in [0.15, 0.2) is 0 Å². The molecule has 0 amide bonds. The molecule has 1 aromatic carbocycles. The number of nitrogens with zero attached hydrogens (tertiary/aromatic N) is 1. The summed E-state index contributed by atoms with van der Waals surface area (Å²) in [5, 5.41) is 15.5. The zero-order valence-electron chi connectivity index (χ0n) is 11.2. The Kier molecular flexibility index (Phi) is 3.18. The Morgan fingerprint density at radius 3 is 2.90 bits per heavy atom. The highest BCUT2D eigenvalue weighted by Crippen LogP contribution is 2.34. The van der Waals surface area contributed by atoms with Gasteiger partial charge in [-0.1, -0.05) is 11.6 Å². The molecule has 0 spiro atoms. The number of hydrogen-bond acceptors (Lipinski definition) is 3. The van der Waals surface area contributed by atoms with Crippen molar-refractivity contribution < 1.29 is 14.6 Å². The van der Waals surface area contributed by atoms with Crippen LogP contribution in [0.2, 0.25) is 0 Å². The normalized spacial score (nSPS) is 14.2. The maximum atomic E-state index is 10.9. The number of carboxylic acids is 1. The molecule has 0 unspecified atom stereocenters. The van der Waals surface area contributed by atoms with Crippen molar-refractivity contribution in [3.63, 3.8) is 0 Å². The highest BCUT2D eigenvalue weighted by atomic mass is 16.5. The number of H-pyrrole nitrogens is 1. The molecule has 1 heterocycles. The number of rotatable bonds is 5. The molecule has 1 fully saturated rings. The van der Waals surface area contributed by atoms with Crippen LogP contribution in [0.3, 0.4) is 0 Å². The van der Waals surface area contributed by atoms with E-state index >= 15 is 0 Å². The number of ether oxygens (including phenoxy) is 1. The number of aromatic nitrogens is 2. The van der Waals surface area contributed by atoms with Crippen molar-refractivity contribution in [3.05, 3.63) is 35.5 Å². The first-order valence-corrected chi connectivity index (χ1v) is 6.66. The molecule has 1 aliphatic rings. The number of benzene rings is 1. The van der Waals surface area contributed by atoms with Crippen molar-refractivity contribution >= 4 is 5.97 Å². The maximum absolute atomic E-state index is 10.9. The van der Waals surface area contributed by atoms with E-state index in [-0.39, 0.29) is 5.69 Å². The quantitative estimate of drug-likeness (QED) is 0.877. The van der Waals surface area contributed by atoms with Crippen molar-refractivity contribution in [2.45, 2.75) is 19.8 Å². The topological polar surface area (TPSA) is 75.2 Å². The van der Waals surface area contributed by atoms with Gasteiger partial charge in [-0.2, -0.15) is 5.10 Å². The van der Waals surface area contributed by atoms with E-state index in [9.17, 15) is 4.79 Å². The predicted molar refractivity (Wildman–Crippen MR) is 73.9 cm³/mol. The lowest BCUT2D eigenvalue weighted by atomic mass is 10.1. The van der Waals surface area contributed by atoms with Crippen molar-refractivity contribution in [2.24, 2.45) is 5.92 Å². The highest BCUT2D eigenvalue weighted by Gasteiger charge is 2.23. The average Bonchev–Trinajstić information content (AvgIpc) is 3.11. The Balaban J connectivity index is 1.91. The predicted octanol–water partition coefficient (Wildman–Crippen LogP) is 2.87. The summed E-state index contributed by atoms with van der Waals surface area (Å²) in [6, 6.07) is 7.39. The van der Waals surface area contributed by atoms with Gasteiger partial charge in [-0.15, -0.1) is 0 Å². The van der Waals surface area contributed by atoms with Crippen LogP contribution < -0.4 is 4.74 Å². The van der Waals surface area contributed by atoms with Gasteiger partial charge in [0.2, 0.25) is 0 Å². The third-order valence-corrected chi connectivity index (χ3v) is 3.39. The Labute approximate surface area is 116 Å². The molecule has 104 valence electrons. The molecule has 1 saturated carbocycles. The first kappa shape index (κ1) is 12.7. The standard InChI is InChI=1S/C15H16N2O3/c1-9-2-5-14(20-8-10-3-4-10)11(6-9)12-7-13(15(18)19)17-16-12/h2,5-7,10H,3-4,8H2,1H3,(H,16,17)(H,18,19). The molecule has 1 aliphatic carbocycles. The smallest absolute Gasteiger partial charge is 0.353 e. The van der Waals surface area contributed by atoms with Crippen LogP contribution in [0.15, 0.2) is 24.3 Å². The minimum atomic E-state index is -1.02.